The van der Waals surface area contributed by atoms with Gasteiger partial charge in [0, 0.05) is 29.0 Å². The van der Waals surface area contributed by atoms with E-state index in [-0.39, 0.29) is 5.82 Å². The van der Waals surface area contributed by atoms with Gasteiger partial charge in [-0.1, -0.05) is 24.3 Å². The molecule has 5 nitrogen and oxygen atoms in total. The van der Waals surface area contributed by atoms with E-state index in [1.54, 1.807) is 18.3 Å². The van der Waals surface area contributed by atoms with Crippen LogP contribution in [0.1, 0.15) is 5.69 Å². The number of nitrogens with zero attached hydrogens (tertiary/aromatic N) is 3. The number of halogens is 1. The molecule has 26 heavy (non-hydrogen) atoms. The summed E-state index contributed by atoms with van der Waals surface area (Å²) in [4.78, 5) is 13.3. The summed E-state index contributed by atoms with van der Waals surface area (Å²) in [6, 6.07) is 17.9. The number of nitrogens with one attached hydrogen (secondary N) is 2. The Kier molecular flexibility index (Phi) is 4.15. The summed E-state index contributed by atoms with van der Waals surface area (Å²) in [6.45, 7) is 1.88. The van der Waals surface area contributed by atoms with Crippen molar-refractivity contribution in [2.45, 2.75) is 6.92 Å². The van der Waals surface area contributed by atoms with Gasteiger partial charge in [-0.25, -0.2) is 9.37 Å². The third-order valence-corrected chi connectivity index (χ3v) is 3.83. The molecule has 0 aliphatic heterocycles. The van der Waals surface area contributed by atoms with E-state index in [2.05, 4.69) is 25.6 Å². The lowest BCUT2D eigenvalue weighted by Gasteiger charge is -2.11. The largest absolute Gasteiger partial charge is 0.338 e. The van der Waals surface area contributed by atoms with E-state index in [4.69, 9.17) is 0 Å². The second kappa shape index (κ2) is 6.76. The van der Waals surface area contributed by atoms with E-state index in [0.717, 1.165) is 22.3 Å². The van der Waals surface area contributed by atoms with Gasteiger partial charge in [-0.05, 0) is 37.3 Å². The van der Waals surface area contributed by atoms with Gasteiger partial charge >= 0.3 is 0 Å². The Morgan fingerprint density at radius 3 is 2.62 bits per heavy atom. The maximum absolute atomic E-state index is 13.4. The first-order valence-corrected chi connectivity index (χ1v) is 8.16. The number of hydrogen-bond donors (Lipinski definition) is 2. The van der Waals surface area contributed by atoms with Crippen LogP contribution >= 0.6 is 0 Å². The SMILES string of the molecule is Cc1cc(Nc2cccc3cccnc23)nc(Nc2cccc(F)c2)n1. The van der Waals surface area contributed by atoms with Gasteiger partial charge in [0.2, 0.25) is 5.95 Å². The molecular weight excluding hydrogens is 329 g/mol. The van der Waals surface area contributed by atoms with Crippen LogP contribution in [0.3, 0.4) is 0 Å². The molecule has 6 heteroatoms. The Hall–Kier alpha value is -3.54. The number of hydrogen-bond acceptors (Lipinski definition) is 5. The summed E-state index contributed by atoms with van der Waals surface area (Å²) in [7, 11) is 0. The molecular formula is C20H16FN5. The quantitative estimate of drug-likeness (QED) is 0.547. The molecule has 4 rings (SSSR count). The van der Waals surface area contributed by atoms with Crippen molar-refractivity contribution in [2.24, 2.45) is 0 Å². The van der Waals surface area contributed by atoms with Gasteiger partial charge in [0.25, 0.3) is 0 Å². The molecule has 0 amide bonds. The molecule has 0 bridgehead atoms. The molecule has 2 aromatic carbocycles. The number of para-hydroxylation sites is 1. The molecule has 2 heterocycles. The summed E-state index contributed by atoms with van der Waals surface area (Å²) < 4.78 is 13.4. The number of rotatable bonds is 4. The van der Waals surface area contributed by atoms with Crippen molar-refractivity contribution in [2.75, 3.05) is 10.6 Å². The van der Waals surface area contributed by atoms with Crippen LogP contribution in [-0.4, -0.2) is 15.0 Å². The average molecular weight is 345 g/mol. The minimum absolute atomic E-state index is 0.317. The highest BCUT2D eigenvalue weighted by Crippen LogP contribution is 2.25. The zero-order chi connectivity index (χ0) is 17.9. The highest BCUT2D eigenvalue weighted by Gasteiger charge is 2.07. The summed E-state index contributed by atoms with van der Waals surface area (Å²) in [5.41, 5.74) is 3.10. The van der Waals surface area contributed by atoms with Crippen LogP contribution in [0, 0.1) is 12.7 Å². The number of anilines is 4. The summed E-state index contributed by atoms with van der Waals surface area (Å²) >= 11 is 0. The van der Waals surface area contributed by atoms with Crippen molar-refractivity contribution >= 4 is 34.0 Å². The Morgan fingerprint density at radius 2 is 1.73 bits per heavy atom. The minimum Gasteiger partial charge on any atom is -0.338 e. The number of pyridine rings is 1. The Balaban J connectivity index is 1.66. The van der Waals surface area contributed by atoms with Gasteiger partial charge in [-0.15, -0.1) is 0 Å². The number of benzene rings is 2. The molecule has 128 valence electrons. The van der Waals surface area contributed by atoms with E-state index in [9.17, 15) is 4.39 Å². The average Bonchev–Trinajstić information content (AvgIpc) is 2.61. The molecule has 0 aliphatic rings. The molecule has 0 aliphatic carbocycles. The fourth-order valence-electron chi connectivity index (χ4n) is 2.73. The molecule has 0 atom stereocenters. The first-order chi connectivity index (χ1) is 12.7. The van der Waals surface area contributed by atoms with Crippen molar-refractivity contribution in [3.8, 4) is 0 Å². The minimum atomic E-state index is -0.317. The van der Waals surface area contributed by atoms with Crippen LogP contribution in [0.2, 0.25) is 0 Å². The topological polar surface area (TPSA) is 62.7 Å². The van der Waals surface area contributed by atoms with Crippen molar-refractivity contribution < 1.29 is 4.39 Å². The fraction of sp³-hybridized carbons (Fsp3) is 0.0500. The van der Waals surface area contributed by atoms with E-state index in [1.807, 2.05) is 43.3 Å². The van der Waals surface area contributed by atoms with Crippen molar-refractivity contribution in [3.05, 3.63) is 78.4 Å². The highest BCUT2D eigenvalue weighted by molar-refractivity contribution is 5.91. The molecule has 0 unspecified atom stereocenters. The van der Waals surface area contributed by atoms with E-state index >= 15 is 0 Å². The number of aromatic nitrogens is 3. The van der Waals surface area contributed by atoms with Crippen LogP contribution in [-0.2, 0) is 0 Å². The Labute approximate surface area is 150 Å². The lowest BCUT2D eigenvalue weighted by atomic mass is 10.2. The van der Waals surface area contributed by atoms with Gasteiger partial charge in [-0.2, -0.15) is 4.98 Å². The Morgan fingerprint density at radius 1 is 0.885 bits per heavy atom. The second-order valence-electron chi connectivity index (χ2n) is 5.86. The first kappa shape index (κ1) is 16.0. The Bertz CT molecular complexity index is 1080. The van der Waals surface area contributed by atoms with Crippen LogP contribution in [0.15, 0.2) is 66.9 Å². The lowest BCUT2D eigenvalue weighted by Crippen LogP contribution is -2.03. The number of aryl methyl sites for hydroxylation is 1. The van der Waals surface area contributed by atoms with Gasteiger partial charge < -0.3 is 10.6 Å². The van der Waals surface area contributed by atoms with Crippen molar-refractivity contribution in [1.29, 1.82) is 0 Å². The zero-order valence-electron chi connectivity index (χ0n) is 14.1. The van der Waals surface area contributed by atoms with Gasteiger partial charge in [0.15, 0.2) is 0 Å². The first-order valence-electron chi connectivity index (χ1n) is 8.16. The fourth-order valence-corrected chi connectivity index (χ4v) is 2.73. The molecule has 0 fully saturated rings. The molecule has 2 aromatic heterocycles. The van der Waals surface area contributed by atoms with Crippen molar-refractivity contribution in [1.82, 2.24) is 15.0 Å². The molecule has 0 spiro atoms. The maximum atomic E-state index is 13.4. The molecule has 2 N–H and O–H groups in total. The molecule has 4 aromatic rings. The second-order valence-corrected chi connectivity index (χ2v) is 5.86. The molecule has 0 radical (unpaired) electrons. The van der Waals surface area contributed by atoms with E-state index in [0.29, 0.717) is 17.5 Å². The summed E-state index contributed by atoms with van der Waals surface area (Å²) in [6.07, 6.45) is 1.76. The smallest absolute Gasteiger partial charge is 0.229 e. The van der Waals surface area contributed by atoms with E-state index in [1.165, 1.54) is 12.1 Å². The highest BCUT2D eigenvalue weighted by atomic mass is 19.1. The summed E-state index contributed by atoms with van der Waals surface area (Å²) in [5.74, 6) is 0.712. The monoisotopic (exact) mass is 345 g/mol. The van der Waals surface area contributed by atoms with Gasteiger partial charge in [0.1, 0.15) is 11.6 Å². The van der Waals surface area contributed by atoms with Crippen LogP contribution in [0.5, 0.6) is 0 Å². The van der Waals surface area contributed by atoms with E-state index < -0.39 is 0 Å². The van der Waals surface area contributed by atoms with Crippen LogP contribution in [0.25, 0.3) is 10.9 Å². The van der Waals surface area contributed by atoms with Crippen LogP contribution < -0.4 is 10.6 Å². The predicted molar refractivity (Wildman–Crippen MR) is 101 cm³/mol. The predicted octanol–water partition coefficient (Wildman–Crippen LogP) is 4.96. The maximum Gasteiger partial charge on any atom is 0.229 e. The van der Waals surface area contributed by atoms with Crippen molar-refractivity contribution in [3.63, 3.8) is 0 Å². The normalized spacial score (nSPS) is 10.7. The lowest BCUT2D eigenvalue weighted by molar-refractivity contribution is 0.628. The molecule has 0 saturated heterocycles. The standard InChI is InChI=1S/C20H16FN5/c1-13-11-18(25-17-9-2-5-14-6-4-10-22-19(14)17)26-20(23-13)24-16-8-3-7-15(21)12-16/h2-12H,1H3,(H2,23,24,25,26). The third-order valence-electron chi connectivity index (χ3n) is 3.83. The third kappa shape index (κ3) is 3.44. The van der Waals surface area contributed by atoms with Gasteiger partial charge in [0.05, 0.1) is 11.2 Å². The summed E-state index contributed by atoms with van der Waals surface area (Å²) in [5, 5.41) is 7.37. The molecule has 0 saturated carbocycles. The van der Waals surface area contributed by atoms with Crippen LogP contribution in [0.4, 0.5) is 27.5 Å². The van der Waals surface area contributed by atoms with Gasteiger partial charge in [-0.3, -0.25) is 4.98 Å². The number of fused-ring (bicyclic) bond motifs is 1. The zero-order valence-corrected chi connectivity index (χ0v) is 14.1.